The minimum atomic E-state index is -4.28. The van der Waals surface area contributed by atoms with Crippen LogP contribution in [0.1, 0.15) is 13.8 Å². The van der Waals surface area contributed by atoms with Gasteiger partial charge in [0, 0.05) is 12.0 Å². The second-order valence-corrected chi connectivity index (χ2v) is 10.3. The van der Waals surface area contributed by atoms with E-state index in [0.717, 1.165) is 18.4 Å². The molecule has 0 bridgehead atoms. The maximum atomic E-state index is 12.9. The summed E-state index contributed by atoms with van der Waals surface area (Å²) < 4.78 is 58.1. The quantitative estimate of drug-likeness (QED) is 0.647. The molecule has 1 aliphatic heterocycles. The van der Waals surface area contributed by atoms with Crippen molar-refractivity contribution in [3.05, 3.63) is 59.8 Å². The molecule has 31 heavy (non-hydrogen) atoms. The van der Waals surface area contributed by atoms with E-state index >= 15 is 0 Å². The van der Waals surface area contributed by atoms with E-state index in [1.807, 2.05) is 0 Å². The van der Waals surface area contributed by atoms with Gasteiger partial charge in [-0.3, -0.25) is 0 Å². The standard InChI is InChI=1S/C20H21N3O6S2/c1-4-29-20(24)18-13(2)21-16-7-5-6-8-17(16)22-19(18)23-31(27,28)15-11-9-14(10-12-15)30(3,25)26/h5-12,21H,4H2,1-3H3,(H,22,23). The molecule has 3 rings (SSSR count). The Bertz CT molecular complexity index is 1290. The van der Waals surface area contributed by atoms with E-state index in [2.05, 4.69) is 15.0 Å². The summed E-state index contributed by atoms with van der Waals surface area (Å²) in [5.74, 6) is -0.949. The number of carbonyl (C=O) groups excluding carboxylic acids is 1. The van der Waals surface area contributed by atoms with E-state index in [-0.39, 0.29) is 27.8 Å². The van der Waals surface area contributed by atoms with Gasteiger partial charge in [0.25, 0.3) is 10.0 Å². The van der Waals surface area contributed by atoms with Crippen molar-refractivity contribution >= 4 is 43.0 Å². The summed E-state index contributed by atoms with van der Waals surface area (Å²) >= 11 is 0. The van der Waals surface area contributed by atoms with E-state index in [9.17, 15) is 21.6 Å². The summed E-state index contributed by atoms with van der Waals surface area (Å²) in [6.07, 6.45) is 1.02. The van der Waals surface area contributed by atoms with Crippen LogP contribution in [0.5, 0.6) is 0 Å². The van der Waals surface area contributed by atoms with Crippen molar-refractivity contribution in [3.8, 4) is 0 Å². The topological polar surface area (TPSA) is 131 Å². The number of fused-ring (bicyclic) bond motifs is 1. The van der Waals surface area contributed by atoms with Gasteiger partial charge in [-0.2, -0.15) is 8.42 Å². The molecule has 0 aromatic heterocycles. The second-order valence-electron chi connectivity index (χ2n) is 6.67. The first kappa shape index (κ1) is 22.5. The predicted molar refractivity (Wildman–Crippen MR) is 117 cm³/mol. The van der Waals surface area contributed by atoms with Crippen molar-refractivity contribution in [1.29, 1.82) is 0 Å². The highest BCUT2D eigenvalue weighted by molar-refractivity contribution is 7.91. The number of allylic oxidation sites excluding steroid dienone is 1. The number of nitrogens with one attached hydrogen (secondary N) is 2. The highest BCUT2D eigenvalue weighted by Crippen LogP contribution is 2.29. The molecule has 1 aliphatic rings. The Morgan fingerprint density at radius 3 is 2.03 bits per heavy atom. The van der Waals surface area contributed by atoms with Gasteiger partial charge in [0.2, 0.25) is 0 Å². The third-order valence-electron chi connectivity index (χ3n) is 4.35. The van der Waals surface area contributed by atoms with E-state index in [0.29, 0.717) is 17.1 Å². The smallest absolute Gasteiger partial charge is 0.343 e. The molecule has 0 unspecified atom stereocenters. The average molecular weight is 464 g/mol. The normalized spacial score (nSPS) is 15.5. The minimum absolute atomic E-state index is 0.0206. The van der Waals surface area contributed by atoms with Crippen molar-refractivity contribution in [2.75, 3.05) is 23.5 Å². The molecule has 11 heteroatoms. The van der Waals surface area contributed by atoms with Crippen LogP contribution in [-0.2, 0) is 29.4 Å². The monoisotopic (exact) mass is 463 g/mol. The van der Waals surface area contributed by atoms with Crippen molar-refractivity contribution in [3.63, 3.8) is 0 Å². The van der Waals surface area contributed by atoms with Crippen LogP contribution in [-0.4, -0.2) is 41.5 Å². The summed E-state index contributed by atoms with van der Waals surface area (Å²) in [6.45, 7) is 3.34. The van der Waals surface area contributed by atoms with Crippen LogP contribution < -0.4 is 10.6 Å². The molecule has 0 fully saturated rings. The molecular formula is C20H21N3O6S2. The van der Waals surface area contributed by atoms with Gasteiger partial charge in [-0.1, -0.05) is 12.1 Å². The lowest BCUT2D eigenvalue weighted by molar-refractivity contribution is -0.137. The molecular weight excluding hydrogens is 442 g/mol. The molecule has 164 valence electrons. The first-order valence-corrected chi connectivity index (χ1v) is 12.5. The molecule has 0 spiro atoms. The molecule has 1 heterocycles. The van der Waals surface area contributed by atoms with Crippen molar-refractivity contribution in [1.82, 2.24) is 0 Å². The van der Waals surface area contributed by atoms with Crippen molar-refractivity contribution < 1.29 is 26.4 Å². The fourth-order valence-corrected chi connectivity index (χ4v) is 4.48. The maximum absolute atomic E-state index is 12.9. The number of nitrogens with zero attached hydrogens (tertiary/aromatic N) is 1. The zero-order chi connectivity index (χ0) is 22.8. The molecule has 0 aliphatic carbocycles. The fraction of sp³-hybridized carbons (Fsp3) is 0.200. The van der Waals surface area contributed by atoms with Crippen molar-refractivity contribution in [2.24, 2.45) is 4.40 Å². The second kappa shape index (κ2) is 8.52. The molecule has 0 atom stereocenters. The molecule has 2 aromatic carbocycles. The lowest BCUT2D eigenvalue weighted by Crippen LogP contribution is -2.25. The summed E-state index contributed by atoms with van der Waals surface area (Å²) in [7, 11) is -7.77. The Kier molecular flexibility index (Phi) is 6.18. The summed E-state index contributed by atoms with van der Waals surface area (Å²) in [4.78, 5) is 12.4. The molecule has 0 amide bonds. The van der Waals surface area contributed by atoms with E-state index in [4.69, 9.17) is 4.74 Å². The largest absolute Gasteiger partial charge is 0.462 e. The maximum Gasteiger partial charge on any atom is 0.343 e. The lowest BCUT2D eigenvalue weighted by atomic mass is 10.2. The number of rotatable bonds is 5. The number of sulfonamides is 1. The molecule has 9 nitrogen and oxygen atoms in total. The van der Waals surface area contributed by atoms with Gasteiger partial charge in [0.1, 0.15) is 5.57 Å². The fourth-order valence-electron chi connectivity index (χ4n) is 2.89. The van der Waals surface area contributed by atoms with Gasteiger partial charge in [-0.15, -0.1) is 4.40 Å². The summed E-state index contributed by atoms with van der Waals surface area (Å²) in [6, 6.07) is 11.7. The first-order valence-electron chi connectivity index (χ1n) is 9.19. The van der Waals surface area contributed by atoms with Crippen LogP contribution in [0.3, 0.4) is 0 Å². The van der Waals surface area contributed by atoms with Crippen LogP contribution >= 0.6 is 0 Å². The molecule has 2 N–H and O–H groups in total. The van der Waals surface area contributed by atoms with Crippen LogP contribution in [0.15, 0.2) is 74.0 Å². The molecule has 2 aromatic rings. The highest BCUT2D eigenvalue weighted by Gasteiger charge is 2.28. The summed E-state index contributed by atoms with van der Waals surface area (Å²) in [5, 5.41) is 5.96. The number of esters is 1. The SMILES string of the molecule is CCOC(=O)C1=C(C)Nc2ccccc2N/C1=N/S(=O)(=O)c1ccc(S(C)(=O)=O)cc1. The number of anilines is 2. The first-order chi connectivity index (χ1) is 14.5. The number of carbonyl (C=O) groups is 1. The van der Waals surface area contributed by atoms with Gasteiger partial charge in [0.05, 0.1) is 27.8 Å². The Hall–Kier alpha value is -3.18. The van der Waals surface area contributed by atoms with Crippen LogP contribution in [0.2, 0.25) is 0 Å². The Morgan fingerprint density at radius 1 is 0.935 bits per heavy atom. The summed E-state index contributed by atoms with van der Waals surface area (Å²) in [5.41, 5.74) is 1.44. The number of sulfone groups is 1. The van der Waals surface area contributed by atoms with Gasteiger partial charge in [-0.25, -0.2) is 13.2 Å². The Labute approximate surface area is 180 Å². The van der Waals surface area contributed by atoms with Gasteiger partial charge >= 0.3 is 5.97 Å². The van der Waals surface area contributed by atoms with Crippen LogP contribution in [0.4, 0.5) is 11.4 Å². The third kappa shape index (κ3) is 4.94. The number of benzene rings is 2. The van der Waals surface area contributed by atoms with Crippen LogP contribution in [0, 0.1) is 0 Å². The minimum Gasteiger partial charge on any atom is -0.462 e. The third-order valence-corrected chi connectivity index (χ3v) is 6.77. The predicted octanol–water partition coefficient (Wildman–Crippen LogP) is 2.55. The number of amidine groups is 1. The molecule has 0 radical (unpaired) electrons. The van der Waals surface area contributed by atoms with E-state index < -0.39 is 25.8 Å². The molecule has 0 saturated heterocycles. The van der Waals surface area contributed by atoms with Gasteiger partial charge in [0.15, 0.2) is 15.7 Å². The zero-order valence-electron chi connectivity index (χ0n) is 17.0. The highest BCUT2D eigenvalue weighted by atomic mass is 32.2. The van der Waals surface area contributed by atoms with E-state index in [1.54, 1.807) is 38.1 Å². The average Bonchev–Trinajstić information content (AvgIpc) is 2.82. The van der Waals surface area contributed by atoms with E-state index in [1.165, 1.54) is 12.1 Å². The molecule has 0 saturated carbocycles. The number of hydrogen-bond acceptors (Lipinski definition) is 7. The number of ether oxygens (including phenoxy) is 1. The lowest BCUT2D eigenvalue weighted by Gasteiger charge is -2.12. The number of para-hydroxylation sites is 2. The van der Waals surface area contributed by atoms with Gasteiger partial charge in [-0.05, 0) is 50.2 Å². The Morgan fingerprint density at radius 2 is 1.48 bits per heavy atom. The Balaban J connectivity index is 2.13. The van der Waals surface area contributed by atoms with Crippen LogP contribution in [0.25, 0.3) is 0 Å². The zero-order valence-corrected chi connectivity index (χ0v) is 18.7. The number of hydrogen-bond donors (Lipinski definition) is 2. The van der Waals surface area contributed by atoms with Crippen molar-refractivity contribution in [2.45, 2.75) is 23.6 Å². The van der Waals surface area contributed by atoms with Gasteiger partial charge < -0.3 is 15.4 Å².